The Bertz CT molecular complexity index is 1510. The summed E-state index contributed by atoms with van der Waals surface area (Å²) in [5.41, 5.74) is -3.95. The minimum Gasteiger partial charge on any atom is -0.389 e. The first-order valence-electron chi connectivity index (χ1n) is 11.7. The van der Waals surface area contributed by atoms with Crippen LogP contribution in [0.25, 0.3) is 16.7 Å². The number of nitrogens with one attached hydrogen (secondary N) is 1. The maximum absolute atomic E-state index is 15.1. The highest BCUT2D eigenvalue weighted by Crippen LogP contribution is 2.40. The summed E-state index contributed by atoms with van der Waals surface area (Å²) in [6.45, 7) is -0.582. The van der Waals surface area contributed by atoms with E-state index in [2.05, 4.69) is 4.98 Å². The summed E-state index contributed by atoms with van der Waals surface area (Å²) in [7, 11) is 0. The molecule has 39 heavy (non-hydrogen) atoms. The molecule has 208 valence electrons. The summed E-state index contributed by atoms with van der Waals surface area (Å²) >= 11 is 0. The standard InChI is InChI=1S/C24H19F7N4O4/c25-10-3-13(26)18(14(27)4-10)35-6-12(23(39)32-20(9-1-2-9)24(29,30)31)19(38)11-5-15(28)22(33-21(11)35)34-7-16(36)17(37)8-34/h3-6,9,16-17,20,36-37H,1-2,7-8H2,(H,32,39)/t16-,17+,20-/m0/s1. The second kappa shape index (κ2) is 9.48. The molecule has 1 amide bonds. The molecule has 3 atom stereocenters. The maximum Gasteiger partial charge on any atom is 0.408 e. The highest BCUT2D eigenvalue weighted by atomic mass is 19.4. The maximum atomic E-state index is 15.1. The fourth-order valence-electron chi connectivity index (χ4n) is 4.59. The Morgan fingerprint density at radius 1 is 1.00 bits per heavy atom. The van der Waals surface area contributed by atoms with Crippen molar-refractivity contribution in [3.05, 3.63) is 63.5 Å². The Balaban J connectivity index is 1.72. The van der Waals surface area contributed by atoms with Gasteiger partial charge in [-0.25, -0.2) is 22.5 Å². The first kappa shape index (κ1) is 26.9. The van der Waals surface area contributed by atoms with E-state index in [1.54, 1.807) is 5.32 Å². The molecular weight excluding hydrogens is 541 g/mol. The Labute approximate surface area is 214 Å². The number of aliphatic hydroxyl groups is 2. The van der Waals surface area contributed by atoms with Crippen LogP contribution in [0, 0.1) is 29.2 Å². The van der Waals surface area contributed by atoms with Crippen molar-refractivity contribution in [1.82, 2.24) is 14.9 Å². The van der Waals surface area contributed by atoms with Gasteiger partial charge >= 0.3 is 6.18 Å². The van der Waals surface area contributed by atoms with Gasteiger partial charge in [-0.2, -0.15) is 13.2 Å². The zero-order valence-electron chi connectivity index (χ0n) is 19.6. The molecule has 2 fully saturated rings. The molecule has 1 saturated heterocycles. The van der Waals surface area contributed by atoms with E-state index in [9.17, 15) is 46.1 Å². The summed E-state index contributed by atoms with van der Waals surface area (Å²) in [5.74, 6) is -8.51. The van der Waals surface area contributed by atoms with Gasteiger partial charge in [0, 0.05) is 31.4 Å². The lowest BCUT2D eigenvalue weighted by Crippen LogP contribution is -2.48. The Morgan fingerprint density at radius 3 is 2.13 bits per heavy atom. The summed E-state index contributed by atoms with van der Waals surface area (Å²) in [6, 6.07) is -1.15. The van der Waals surface area contributed by atoms with Crippen molar-refractivity contribution in [3.8, 4) is 5.69 Å². The largest absolute Gasteiger partial charge is 0.408 e. The van der Waals surface area contributed by atoms with Gasteiger partial charge in [0.2, 0.25) is 5.43 Å². The van der Waals surface area contributed by atoms with Gasteiger partial charge in [-0.05, 0) is 24.8 Å². The van der Waals surface area contributed by atoms with Crippen LogP contribution in [0.3, 0.4) is 0 Å². The summed E-state index contributed by atoms with van der Waals surface area (Å²) in [6.07, 6.45) is -6.52. The molecule has 0 spiro atoms. The number of hydrogen-bond acceptors (Lipinski definition) is 6. The number of hydrogen-bond donors (Lipinski definition) is 3. The van der Waals surface area contributed by atoms with Gasteiger partial charge in [0.15, 0.2) is 28.9 Å². The molecule has 5 rings (SSSR count). The van der Waals surface area contributed by atoms with E-state index >= 15 is 4.39 Å². The van der Waals surface area contributed by atoms with Crippen molar-refractivity contribution in [3.63, 3.8) is 0 Å². The Hall–Kier alpha value is -3.72. The van der Waals surface area contributed by atoms with Crippen LogP contribution in [-0.2, 0) is 0 Å². The number of carbonyl (C=O) groups excluding carboxylic acids is 1. The summed E-state index contributed by atoms with van der Waals surface area (Å²) in [4.78, 5) is 31.1. The molecular formula is C24H19F7N4O4. The zero-order chi connectivity index (χ0) is 28.4. The van der Waals surface area contributed by atoms with Crippen LogP contribution in [0.2, 0.25) is 0 Å². The number of nitrogens with zero attached hydrogens (tertiary/aromatic N) is 3. The number of pyridine rings is 2. The lowest BCUT2D eigenvalue weighted by atomic mass is 10.1. The SMILES string of the molecule is O=C(N[C@@H](C1CC1)C(F)(F)F)c1cn(-c2c(F)cc(F)cc2F)c2nc(N3C[C@@H](O)[C@@H](O)C3)c(F)cc2c1=O. The predicted octanol–water partition coefficient (Wildman–Crippen LogP) is 2.55. The smallest absolute Gasteiger partial charge is 0.389 e. The van der Waals surface area contributed by atoms with E-state index in [1.807, 2.05) is 0 Å². The lowest BCUT2D eigenvalue weighted by molar-refractivity contribution is -0.158. The Kier molecular flexibility index (Phi) is 6.53. The third kappa shape index (κ3) is 4.91. The van der Waals surface area contributed by atoms with Crippen LogP contribution in [0.4, 0.5) is 36.6 Å². The van der Waals surface area contributed by atoms with Crippen molar-refractivity contribution in [1.29, 1.82) is 0 Å². The van der Waals surface area contributed by atoms with Crippen molar-refractivity contribution < 1.29 is 45.7 Å². The number of anilines is 1. The second-order valence-electron chi connectivity index (χ2n) is 9.49. The van der Waals surface area contributed by atoms with Gasteiger partial charge in [-0.15, -0.1) is 0 Å². The number of fused-ring (bicyclic) bond motifs is 1. The highest BCUT2D eigenvalue weighted by molar-refractivity contribution is 5.97. The van der Waals surface area contributed by atoms with Crippen molar-refractivity contribution in [2.24, 2.45) is 5.92 Å². The fourth-order valence-corrected chi connectivity index (χ4v) is 4.59. The van der Waals surface area contributed by atoms with Crippen LogP contribution >= 0.6 is 0 Å². The monoisotopic (exact) mass is 560 g/mol. The molecule has 3 aromatic rings. The van der Waals surface area contributed by atoms with Gasteiger partial charge in [0.25, 0.3) is 5.91 Å². The van der Waals surface area contributed by atoms with Crippen LogP contribution < -0.4 is 15.6 Å². The first-order valence-corrected chi connectivity index (χ1v) is 11.7. The summed E-state index contributed by atoms with van der Waals surface area (Å²) in [5, 5.41) is 20.7. The number of carbonyl (C=O) groups is 1. The normalized spacial score (nSPS) is 20.5. The van der Waals surface area contributed by atoms with E-state index < -0.39 is 93.1 Å². The van der Waals surface area contributed by atoms with Gasteiger partial charge in [0.05, 0.1) is 17.6 Å². The number of aromatic nitrogens is 2. The summed E-state index contributed by atoms with van der Waals surface area (Å²) < 4.78 is 99.3. The number of rotatable bonds is 5. The molecule has 8 nitrogen and oxygen atoms in total. The molecule has 0 radical (unpaired) electrons. The van der Waals surface area contributed by atoms with Gasteiger partial charge < -0.3 is 20.4 Å². The number of halogens is 7. The zero-order valence-corrected chi connectivity index (χ0v) is 19.6. The van der Waals surface area contributed by atoms with Crippen molar-refractivity contribution in [2.45, 2.75) is 37.3 Å². The number of β-amino-alcohol motifs (C(OH)–C–C–N with tert-alkyl or cyclic N) is 2. The first-order chi connectivity index (χ1) is 18.3. The van der Waals surface area contributed by atoms with E-state index in [0.717, 1.165) is 4.90 Å². The molecule has 1 aliphatic heterocycles. The Morgan fingerprint density at radius 2 is 1.59 bits per heavy atom. The van der Waals surface area contributed by atoms with E-state index in [0.29, 0.717) is 16.8 Å². The molecule has 1 saturated carbocycles. The van der Waals surface area contributed by atoms with E-state index in [-0.39, 0.29) is 38.1 Å². The molecule has 1 aromatic carbocycles. The quantitative estimate of drug-likeness (QED) is 0.415. The van der Waals surface area contributed by atoms with E-state index in [4.69, 9.17) is 0 Å². The fraction of sp³-hybridized carbons (Fsp3) is 0.375. The number of alkyl halides is 3. The number of amides is 1. The van der Waals surface area contributed by atoms with Crippen LogP contribution in [0.5, 0.6) is 0 Å². The topological polar surface area (TPSA) is 108 Å². The van der Waals surface area contributed by atoms with Gasteiger partial charge in [-0.3, -0.25) is 14.2 Å². The third-order valence-electron chi connectivity index (χ3n) is 6.67. The average molecular weight is 560 g/mol. The molecule has 2 aliphatic rings. The molecule has 0 unspecified atom stereocenters. The van der Waals surface area contributed by atoms with Gasteiger partial charge in [0.1, 0.15) is 23.1 Å². The molecule has 1 aliphatic carbocycles. The number of benzene rings is 1. The molecule has 3 N–H and O–H groups in total. The minimum atomic E-state index is -4.85. The van der Waals surface area contributed by atoms with Crippen molar-refractivity contribution >= 4 is 22.8 Å². The van der Waals surface area contributed by atoms with Crippen molar-refractivity contribution in [2.75, 3.05) is 18.0 Å². The minimum absolute atomic E-state index is 0.177. The number of aliphatic hydroxyl groups excluding tert-OH is 2. The molecule has 15 heteroatoms. The molecule has 2 aromatic heterocycles. The molecule has 3 heterocycles. The van der Waals surface area contributed by atoms with Gasteiger partial charge in [-0.1, -0.05) is 0 Å². The van der Waals surface area contributed by atoms with E-state index in [1.165, 1.54) is 0 Å². The van der Waals surface area contributed by atoms with Crippen LogP contribution in [-0.4, -0.2) is 63.2 Å². The van der Waals surface area contributed by atoms with Crippen LogP contribution in [0.1, 0.15) is 23.2 Å². The predicted molar refractivity (Wildman–Crippen MR) is 121 cm³/mol. The molecule has 0 bridgehead atoms. The second-order valence-corrected chi connectivity index (χ2v) is 9.49. The average Bonchev–Trinajstić information content (AvgIpc) is 3.61. The highest BCUT2D eigenvalue weighted by Gasteiger charge is 2.50. The third-order valence-corrected chi connectivity index (χ3v) is 6.67. The lowest BCUT2D eigenvalue weighted by Gasteiger charge is -2.22. The van der Waals surface area contributed by atoms with Crippen LogP contribution in [0.15, 0.2) is 29.2 Å².